The van der Waals surface area contributed by atoms with E-state index < -0.39 is 5.97 Å². The van der Waals surface area contributed by atoms with E-state index in [-0.39, 0.29) is 89.2 Å². The van der Waals surface area contributed by atoms with Crippen LogP contribution in [0.3, 0.4) is 0 Å². The summed E-state index contributed by atoms with van der Waals surface area (Å²) in [7, 11) is 2.16. The Balaban J connectivity index is 0.000000585. The van der Waals surface area contributed by atoms with Crippen LogP contribution in [0, 0.1) is 82.2 Å². The molecule has 1 atom stereocenters. The van der Waals surface area contributed by atoms with E-state index in [0.717, 1.165) is 80.7 Å². The summed E-state index contributed by atoms with van der Waals surface area (Å²) in [4.78, 5) is 38.5. The molecule has 7 heterocycles. The summed E-state index contributed by atoms with van der Waals surface area (Å²) < 4.78 is 27.7. The summed E-state index contributed by atoms with van der Waals surface area (Å²) in [6.45, 7) is 97.9. The molecule has 0 bridgehead atoms. The molecule has 7 rings (SSSR count). The van der Waals surface area contributed by atoms with Crippen LogP contribution in [0.5, 0.6) is 0 Å². The van der Waals surface area contributed by atoms with Gasteiger partial charge in [-0.15, -0.1) is 0 Å². The molecule has 1 unspecified atom stereocenters. The molecule has 100 heavy (non-hydrogen) atoms. The zero-order valence-electron chi connectivity index (χ0n) is 73.2. The first kappa shape index (κ1) is 93.2. The Morgan fingerprint density at radius 3 is 1.20 bits per heavy atom. The molecule has 13 nitrogen and oxygen atoms in total. The first-order chi connectivity index (χ1) is 44.2. The molecular weight excluding hydrogens is 1240 g/mol. The molecule has 7 aliphatic heterocycles. The van der Waals surface area contributed by atoms with E-state index >= 15 is 0 Å². The number of nitrogens with zero attached hydrogens (tertiary/aromatic N) is 2. The number of carboxylic acid groups (broad SMARTS) is 1. The Kier molecular flexibility index (Phi) is 31.7. The van der Waals surface area contributed by atoms with Crippen molar-refractivity contribution in [2.45, 2.75) is 316 Å². The quantitative estimate of drug-likeness (QED) is 0.231. The molecule has 0 aromatic heterocycles. The third-order valence-electron chi connectivity index (χ3n) is 18.4. The largest absolute Gasteiger partial charge is 0.497 e. The monoisotopic (exact) mass is 1400 g/mol. The number of carbonyl (C=O) groups is 3. The molecule has 0 radical (unpaired) electrons. The van der Waals surface area contributed by atoms with Crippen LogP contribution in [-0.4, -0.2) is 92.6 Å². The maximum absolute atomic E-state index is 11.7. The third kappa shape index (κ3) is 28.0. The van der Waals surface area contributed by atoms with Crippen molar-refractivity contribution in [3.05, 3.63) is 79.3 Å². The fraction of sp³-hybridized carbons (Fsp3) is 0.805. The van der Waals surface area contributed by atoms with Crippen LogP contribution in [0.1, 0.15) is 316 Å². The van der Waals surface area contributed by atoms with Crippen molar-refractivity contribution in [2.24, 2.45) is 82.2 Å². The van der Waals surface area contributed by atoms with Crippen LogP contribution in [0.2, 0.25) is 0 Å². The van der Waals surface area contributed by atoms with Gasteiger partial charge in [-0.3, -0.25) is 9.59 Å². The summed E-state index contributed by atoms with van der Waals surface area (Å²) in [6, 6.07) is 0. The fourth-order valence-corrected chi connectivity index (χ4v) is 14.2. The molecule has 580 valence electrons. The number of allylic oxidation sites excluding steroid dienone is 8. The SMILES string of the molecule is CC(=O)N1CCC(C(C)(C)C)=C1C(C)(C)C.CC(C)(C)C1=C(C(C)(C)C)C(=O)OC1.CC(C)(C)C1=C(C(C)(C)C)C(CC(=O)O)CN1.CC(C)(C)C1=C(C(C)(C)C)NCC1.CC(C)(C)C1=C(C(C)(C)C)OCO1.CC(C)C1=C(C(C)(C)C)CCO1.CN1CCOC(C(C)(C)C)=C1C(C)(C)C. The summed E-state index contributed by atoms with van der Waals surface area (Å²) in [5.74, 6) is 4.38. The van der Waals surface area contributed by atoms with Gasteiger partial charge in [-0.1, -0.05) is 284 Å². The van der Waals surface area contributed by atoms with Crippen LogP contribution < -0.4 is 10.6 Å². The summed E-state index contributed by atoms with van der Waals surface area (Å²) in [6.07, 6.45) is 3.59. The predicted octanol–water partition coefficient (Wildman–Crippen LogP) is 22.8. The zero-order chi connectivity index (χ0) is 79.1. The lowest BCUT2D eigenvalue weighted by Crippen LogP contribution is -2.38. The molecule has 13 heteroatoms. The van der Waals surface area contributed by atoms with E-state index in [9.17, 15) is 14.4 Å². The van der Waals surface area contributed by atoms with Gasteiger partial charge >= 0.3 is 11.9 Å². The number of cyclic esters (lactones) is 1. The number of carboxylic acids is 1. The van der Waals surface area contributed by atoms with Gasteiger partial charge in [0, 0.05) is 112 Å². The van der Waals surface area contributed by atoms with Crippen molar-refractivity contribution in [1.82, 2.24) is 20.4 Å². The summed E-state index contributed by atoms with van der Waals surface area (Å²) >= 11 is 0. The van der Waals surface area contributed by atoms with Gasteiger partial charge in [0.05, 0.1) is 31.0 Å². The number of aliphatic carboxylic acids is 1. The van der Waals surface area contributed by atoms with Crippen LogP contribution in [0.15, 0.2) is 79.3 Å². The molecule has 0 saturated heterocycles. The van der Waals surface area contributed by atoms with Crippen molar-refractivity contribution in [3.8, 4) is 0 Å². The molecule has 7 aliphatic rings. The van der Waals surface area contributed by atoms with E-state index in [4.69, 9.17) is 28.8 Å². The second kappa shape index (κ2) is 34.0. The molecule has 0 aliphatic carbocycles. The van der Waals surface area contributed by atoms with Gasteiger partial charge in [0.2, 0.25) is 12.7 Å². The lowest BCUT2D eigenvalue weighted by Gasteiger charge is -2.41. The van der Waals surface area contributed by atoms with Gasteiger partial charge in [-0.2, -0.15) is 0 Å². The van der Waals surface area contributed by atoms with Gasteiger partial charge in [0.25, 0.3) is 0 Å². The molecule has 0 aromatic rings. The Morgan fingerprint density at radius 2 is 0.890 bits per heavy atom. The van der Waals surface area contributed by atoms with Crippen molar-refractivity contribution in [1.29, 1.82) is 0 Å². The normalized spacial score (nSPS) is 19.3. The third-order valence-corrected chi connectivity index (χ3v) is 18.4. The van der Waals surface area contributed by atoms with E-state index in [1.54, 1.807) is 12.5 Å². The van der Waals surface area contributed by atoms with Crippen LogP contribution in [0.25, 0.3) is 0 Å². The van der Waals surface area contributed by atoms with Crippen LogP contribution >= 0.6 is 0 Å². The van der Waals surface area contributed by atoms with Crippen LogP contribution in [-0.2, 0) is 38.1 Å². The van der Waals surface area contributed by atoms with E-state index in [2.05, 4.69) is 306 Å². The van der Waals surface area contributed by atoms with Crippen LogP contribution in [0.4, 0.5) is 0 Å². The highest BCUT2D eigenvalue weighted by atomic mass is 16.7. The Morgan fingerprint density at radius 1 is 0.450 bits per heavy atom. The smallest absolute Gasteiger partial charge is 0.334 e. The molecule has 0 fully saturated rings. The zero-order valence-corrected chi connectivity index (χ0v) is 73.2. The second-order valence-corrected chi connectivity index (χ2v) is 42.5. The van der Waals surface area contributed by atoms with Crippen molar-refractivity contribution in [2.75, 3.05) is 59.8 Å². The van der Waals surface area contributed by atoms with Gasteiger partial charge < -0.3 is 49.2 Å². The average molecular weight is 1400 g/mol. The Bertz CT molecular complexity index is 2900. The summed E-state index contributed by atoms with van der Waals surface area (Å²) in [5.41, 5.74) is 14.6. The highest BCUT2D eigenvalue weighted by Gasteiger charge is 2.42. The molecule has 3 N–H and O–H groups in total. The number of nitrogens with one attached hydrogen (secondary N) is 2. The molecule has 1 amide bonds. The number of hydrogen-bond acceptors (Lipinski definition) is 11. The van der Waals surface area contributed by atoms with E-state index in [0.29, 0.717) is 24.7 Å². The number of carbonyl (C=O) groups excluding carboxylic acids is 2. The molecule has 0 spiro atoms. The topological polar surface area (TPSA) is 148 Å². The molecule has 0 saturated carbocycles. The van der Waals surface area contributed by atoms with Gasteiger partial charge in [0.1, 0.15) is 30.5 Å². The fourth-order valence-electron chi connectivity index (χ4n) is 14.2. The average Bonchev–Trinajstić information content (AvgIpc) is 1.34. The second-order valence-electron chi connectivity index (χ2n) is 42.5. The van der Waals surface area contributed by atoms with Gasteiger partial charge in [0.15, 0.2) is 0 Å². The Labute approximate surface area is 616 Å². The standard InChI is InChI=1S/C14H25NO2.C14H25NO.C13H25NO.C12H23N.C12H20O2.C11H20O2.C11H20O/c1-13(2,3)11-9(7-10(16)17)8-15-12(11)14(4,5)6;1-10(16)15-9-8-11(13(2,3)4)12(15)14(5,6)7;1-12(2,3)10-11(13(4,5)6)15-9-8-14(10)7;1-11(2,3)9-7-8-13-10(9)12(4,5)6;1-11(2,3)8-7-14-10(13)9(8)12(4,5)6;1-10(2,3)8-9(11(4,5)6)13-7-12-8;1-8(2)10-9(6-7-12-10)11(3,4)5/h9,15H,7-8H2,1-6H3,(H,16,17);8-9H2,1-7H3;8-9H2,1-7H3;13H,7-8H2,1-6H3;7H2,1-6H3;7H2,1-6H3;8H,6-7H2,1-5H3. The predicted molar refractivity (Wildman–Crippen MR) is 422 cm³/mol. The van der Waals surface area contributed by atoms with Gasteiger partial charge in [-0.25, -0.2) is 4.79 Å². The van der Waals surface area contributed by atoms with Crippen molar-refractivity contribution >= 4 is 17.8 Å². The maximum Gasteiger partial charge on any atom is 0.334 e. The summed E-state index contributed by atoms with van der Waals surface area (Å²) in [5, 5.41) is 16.0. The minimum atomic E-state index is -0.714. The number of hydrogen-bond donors (Lipinski definition) is 3. The lowest BCUT2D eigenvalue weighted by atomic mass is 9.74. The number of amides is 1. The minimum absolute atomic E-state index is 0.0201. The maximum atomic E-state index is 11.7. The van der Waals surface area contributed by atoms with E-state index in [1.165, 1.54) is 51.7 Å². The first-order valence-electron chi connectivity index (χ1n) is 37.8. The highest BCUT2D eigenvalue weighted by molar-refractivity contribution is 5.93. The highest BCUT2D eigenvalue weighted by Crippen LogP contribution is 2.48. The van der Waals surface area contributed by atoms with E-state index in [1.807, 2.05) is 4.90 Å². The number of ether oxygens (including phenoxy) is 5. The lowest BCUT2D eigenvalue weighted by molar-refractivity contribution is -0.138. The molecule has 0 aromatic carbocycles. The molecular formula is C87H158N4O9. The number of rotatable bonds is 3. The number of esters is 1. The number of likely N-dealkylation sites (N-methyl/N-ethyl adjacent to an activating group) is 1. The van der Waals surface area contributed by atoms with Crippen molar-refractivity contribution in [3.63, 3.8) is 0 Å². The Hall–Kier alpha value is -4.81. The van der Waals surface area contributed by atoms with Gasteiger partial charge in [-0.05, 0) is 73.2 Å². The first-order valence-corrected chi connectivity index (χ1v) is 37.8. The van der Waals surface area contributed by atoms with Crippen molar-refractivity contribution < 1.29 is 43.2 Å². The minimum Gasteiger partial charge on any atom is -0.497 e.